The van der Waals surface area contributed by atoms with Crippen LogP contribution in [-0.2, 0) is 37.3 Å². The Hall–Kier alpha value is -8.11. The van der Waals surface area contributed by atoms with Crippen LogP contribution in [0.4, 0.5) is 0 Å². The first-order valence-electron chi connectivity index (χ1n) is 28.6. The standard InChI is InChI=1S/C71H56N4O.Pt/c1-69(2,3)46-36-37-72-66(38-46)75-62-29-16-15-27-54(62)55-33-32-49(40-65(55)75)76-48-23-19-22-47(39-48)73-44-74(64-31-18-17-30-63(64)73)68-50(45-20-9-8-10-21-45)34-35-57-51-24-11-12-25-52(51)58-41-60-61(71(6,7)43-70(60,4)5)42-59(58)53-26-13-14-28-56(53)67(57)68;/h8-38,41-42H,43H2,1-7H3;/q-2;/i8D,9D,10D,20D,21D;. The summed E-state index contributed by atoms with van der Waals surface area (Å²) >= 11 is 0. The molecule has 0 saturated carbocycles. The Balaban J connectivity index is 0.00000631. The van der Waals surface area contributed by atoms with E-state index in [0.29, 0.717) is 28.4 Å². The van der Waals surface area contributed by atoms with Crippen LogP contribution in [0.5, 0.6) is 11.5 Å². The predicted molar refractivity (Wildman–Crippen MR) is 310 cm³/mol. The number of aromatic nitrogens is 4. The van der Waals surface area contributed by atoms with Crippen LogP contribution in [0.25, 0.3) is 106 Å². The molecule has 0 unspecified atom stereocenters. The summed E-state index contributed by atoms with van der Waals surface area (Å²) in [7, 11) is 0. The van der Waals surface area contributed by atoms with Crippen molar-refractivity contribution in [3.63, 3.8) is 0 Å². The van der Waals surface area contributed by atoms with Crippen molar-refractivity contribution < 1.29 is 37.2 Å². The Kier molecular flexibility index (Phi) is 10.1. The van der Waals surface area contributed by atoms with Crippen molar-refractivity contribution in [2.45, 2.75) is 71.1 Å². The number of ether oxygens (including phenoxy) is 1. The van der Waals surface area contributed by atoms with Gasteiger partial charge in [-0.05, 0) is 131 Å². The van der Waals surface area contributed by atoms with E-state index in [0.717, 1.165) is 89.6 Å². The van der Waals surface area contributed by atoms with E-state index in [1.807, 2.05) is 76.0 Å². The summed E-state index contributed by atoms with van der Waals surface area (Å²) in [6, 6.07) is 61.7. The van der Waals surface area contributed by atoms with E-state index >= 15 is 0 Å². The molecule has 6 heteroatoms. The molecule has 3 aromatic heterocycles. The molecule has 5 nitrogen and oxygen atoms in total. The fourth-order valence-electron chi connectivity index (χ4n) is 12.6. The largest absolute Gasteiger partial charge is 0.510 e. The van der Waals surface area contributed by atoms with Crippen LogP contribution < -0.4 is 9.30 Å². The van der Waals surface area contributed by atoms with Gasteiger partial charge in [-0.3, -0.25) is 4.57 Å². The normalized spacial score (nSPS) is 14.9. The van der Waals surface area contributed by atoms with Crippen molar-refractivity contribution in [2.24, 2.45) is 0 Å². The maximum Gasteiger partial charge on any atom is 0.268 e. The van der Waals surface area contributed by atoms with Gasteiger partial charge in [0, 0.05) is 49.8 Å². The van der Waals surface area contributed by atoms with Gasteiger partial charge in [-0.1, -0.05) is 187 Å². The zero-order valence-electron chi connectivity index (χ0n) is 48.9. The third kappa shape index (κ3) is 7.84. The van der Waals surface area contributed by atoms with E-state index in [1.165, 1.54) is 16.7 Å². The van der Waals surface area contributed by atoms with Gasteiger partial charge in [0.2, 0.25) is 0 Å². The number of fused-ring (bicyclic) bond motifs is 13. The zero-order valence-corrected chi connectivity index (χ0v) is 46.2. The summed E-state index contributed by atoms with van der Waals surface area (Å²) in [5, 5.41) is 2.12. The van der Waals surface area contributed by atoms with Crippen molar-refractivity contribution in [2.75, 3.05) is 0 Å². The van der Waals surface area contributed by atoms with Gasteiger partial charge in [0.05, 0.1) is 23.6 Å². The minimum Gasteiger partial charge on any atom is -0.510 e. The van der Waals surface area contributed by atoms with Crippen molar-refractivity contribution >= 4 is 32.8 Å². The number of nitrogens with zero attached hydrogens (tertiary/aromatic N) is 4. The molecule has 2 aliphatic carbocycles. The predicted octanol–water partition coefficient (Wildman–Crippen LogP) is 17.5. The molecular formula is C71H56N4OPt-2. The molecule has 12 aromatic rings. The Morgan fingerprint density at radius 2 is 1.21 bits per heavy atom. The Morgan fingerprint density at radius 1 is 0.584 bits per heavy atom. The van der Waals surface area contributed by atoms with Crippen LogP contribution in [0.15, 0.2) is 200 Å². The number of pyridine rings is 1. The monoisotopic (exact) mass is 1180 g/mol. The second kappa shape index (κ2) is 18.0. The minimum atomic E-state index is -0.452. The van der Waals surface area contributed by atoms with E-state index in [1.54, 1.807) is 0 Å². The minimum absolute atomic E-state index is 0. The summed E-state index contributed by atoms with van der Waals surface area (Å²) in [5.41, 5.74) is 17.0. The quantitative estimate of drug-likeness (QED) is 0.123. The van der Waals surface area contributed by atoms with Crippen LogP contribution in [-0.4, -0.2) is 14.1 Å². The molecule has 0 amide bonds. The molecule has 0 N–H and O–H groups in total. The van der Waals surface area contributed by atoms with E-state index in [4.69, 9.17) is 13.8 Å². The molecule has 0 fully saturated rings. The number of para-hydroxylation sites is 3. The Morgan fingerprint density at radius 3 is 1.94 bits per heavy atom. The second-order valence-electron chi connectivity index (χ2n) is 22.7. The molecule has 14 rings (SSSR count). The van der Waals surface area contributed by atoms with Gasteiger partial charge in [0.15, 0.2) is 0 Å². The van der Waals surface area contributed by atoms with E-state index in [2.05, 4.69) is 175 Å². The first kappa shape index (κ1) is 43.0. The van der Waals surface area contributed by atoms with E-state index in [9.17, 15) is 2.74 Å². The first-order chi connectivity index (χ1) is 38.9. The Labute approximate surface area is 472 Å². The van der Waals surface area contributed by atoms with Crippen molar-refractivity contribution in [1.29, 1.82) is 0 Å². The molecule has 0 spiro atoms. The second-order valence-corrected chi connectivity index (χ2v) is 22.7. The third-order valence-electron chi connectivity index (χ3n) is 15.8. The number of hydrogen-bond donors (Lipinski definition) is 0. The van der Waals surface area contributed by atoms with Crippen LogP contribution in [0.3, 0.4) is 0 Å². The van der Waals surface area contributed by atoms with Crippen molar-refractivity contribution in [3.8, 4) is 84.3 Å². The molecule has 2 aliphatic rings. The van der Waals surface area contributed by atoms with Crippen LogP contribution >= 0.6 is 0 Å². The van der Waals surface area contributed by atoms with Crippen molar-refractivity contribution in [3.05, 3.63) is 235 Å². The summed E-state index contributed by atoms with van der Waals surface area (Å²) in [6.07, 6.45) is 6.66. The molecule has 378 valence electrons. The average Bonchev–Trinajstić information content (AvgIpc) is 3.01. The smallest absolute Gasteiger partial charge is 0.268 e. The van der Waals surface area contributed by atoms with Gasteiger partial charge >= 0.3 is 0 Å². The number of hydrogen-bond acceptors (Lipinski definition) is 2. The number of rotatable bonds is 6. The van der Waals surface area contributed by atoms with Gasteiger partial charge in [0.1, 0.15) is 5.82 Å². The topological polar surface area (TPSA) is 35.9 Å². The van der Waals surface area contributed by atoms with Gasteiger partial charge in [-0.15, -0.1) is 29.7 Å². The summed E-state index contributed by atoms with van der Waals surface area (Å²) < 4.78 is 58.5. The zero-order chi connectivity index (χ0) is 56.0. The van der Waals surface area contributed by atoms with Crippen LogP contribution in [0.1, 0.15) is 78.4 Å². The molecule has 77 heavy (non-hydrogen) atoms. The molecule has 0 radical (unpaired) electrons. The molecule has 3 heterocycles. The van der Waals surface area contributed by atoms with E-state index < -0.39 is 18.1 Å². The maximum absolute atomic E-state index is 9.50. The fraction of sp³-hybridized carbons (Fsp3) is 0.155. The molecule has 0 atom stereocenters. The van der Waals surface area contributed by atoms with Gasteiger partial charge in [-0.25, -0.2) is 4.98 Å². The van der Waals surface area contributed by atoms with Crippen LogP contribution in [0, 0.1) is 18.5 Å². The molecule has 9 aromatic carbocycles. The summed E-state index contributed by atoms with van der Waals surface area (Å²) in [6.45, 7) is 16.0. The molecule has 0 aliphatic heterocycles. The SMILES string of the molecule is [2H]c1c([2H])c([2H])c(-c2ccc3c(c2-[n+]2[c-]n(-c4[c-]c(Oc5[c-]c6c(cc5)c5ccccc5n6-c5cc(C(C)(C)C)ccn5)ccc4)c4ccccc42)-c2ccccc2-c2cc4c(cc2-c2ccccc2-3)C(C)(C)CC4(C)C)c([2H])c1[2H].[Pt]. The van der Waals surface area contributed by atoms with Gasteiger partial charge < -0.3 is 13.9 Å². The average molecular weight is 1180 g/mol. The number of imidazole rings is 1. The fourth-order valence-corrected chi connectivity index (χ4v) is 12.6. The molecule has 0 bridgehead atoms. The Bertz CT molecular complexity index is 4630. The number of benzene rings is 9. The molecular weight excluding hydrogens is 1120 g/mol. The maximum atomic E-state index is 9.50. The van der Waals surface area contributed by atoms with Gasteiger partial charge in [-0.2, -0.15) is 18.2 Å². The third-order valence-corrected chi connectivity index (χ3v) is 15.8. The van der Waals surface area contributed by atoms with E-state index in [-0.39, 0.29) is 55.0 Å². The first-order valence-corrected chi connectivity index (χ1v) is 26.1. The van der Waals surface area contributed by atoms with Gasteiger partial charge in [0.25, 0.3) is 6.33 Å². The van der Waals surface area contributed by atoms with Crippen molar-refractivity contribution in [1.82, 2.24) is 14.1 Å². The summed E-state index contributed by atoms with van der Waals surface area (Å²) in [4.78, 5) is 4.87. The molecule has 0 saturated heterocycles. The summed E-state index contributed by atoms with van der Waals surface area (Å²) in [5.74, 6) is 1.77. The van der Waals surface area contributed by atoms with Crippen LogP contribution in [0.2, 0.25) is 0 Å².